The molecule has 4 rings (SSSR count). The molecule has 0 saturated carbocycles. The predicted molar refractivity (Wildman–Crippen MR) is 143 cm³/mol. The number of amides is 3. The molecular weight excluding hydrogens is 486 g/mol. The molecule has 0 aliphatic carbocycles. The third-order valence-electron chi connectivity index (χ3n) is 6.66. The zero-order valence-electron chi connectivity index (χ0n) is 22.0. The standard InChI is InChI=1S/C28H33N5O5/c1-18-15-33(19(2)17-34)27(35)24-12-21(20-6-5-11-29-13-20)14-30-26(24)38-25(18)16-32(3)28(36)31-22-7-9-23(37-4)10-8-22/h5-14,18-19,25,34H,15-17H2,1-4H3,(H,31,36)/t18-,19+,25-/m0/s1. The molecule has 3 aromatic rings. The van der Waals surface area contributed by atoms with Gasteiger partial charge in [-0.2, -0.15) is 0 Å². The number of aromatic nitrogens is 2. The molecule has 200 valence electrons. The van der Waals surface area contributed by atoms with E-state index < -0.39 is 12.1 Å². The van der Waals surface area contributed by atoms with E-state index in [2.05, 4.69) is 15.3 Å². The van der Waals surface area contributed by atoms with Crippen LogP contribution in [0.5, 0.6) is 11.6 Å². The minimum Gasteiger partial charge on any atom is -0.497 e. The summed E-state index contributed by atoms with van der Waals surface area (Å²) < 4.78 is 11.5. The van der Waals surface area contributed by atoms with Crippen molar-refractivity contribution in [3.63, 3.8) is 0 Å². The fraction of sp³-hybridized carbons (Fsp3) is 0.357. The highest BCUT2D eigenvalue weighted by Gasteiger charge is 2.34. The van der Waals surface area contributed by atoms with Gasteiger partial charge in [0, 0.05) is 54.9 Å². The molecule has 2 N–H and O–H groups in total. The summed E-state index contributed by atoms with van der Waals surface area (Å²) in [5.74, 6) is 0.466. The number of pyridine rings is 2. The highest BCUT2D eigenvalue weighted by Crippen LogP contribution is 2.30. The lowest BCUT2D eigenvalue weighted by Gasteiger charge is -2.37. The lowest BCUT2D eigenvalue weighted by molar-refractivity contribution is 0.0356. The highest BCUT2D eigenvalue weighted by atomic mass is 16.5. The van der Waals surface area contributed by atoms with Crippen LogP contribution in [0.1, 0.15) is 24.2 Å². The Labute approximate surface area is 222 Å². The van der Waals surface area contributed by atoms with E-state index in [0.29, 0.717) is 23.5 Å². The molecule has 0 unspecified atom stereocenters. The van der Waals surface area contributed by atoms with E-state index in [0.717, 1.165) is 11.1 Å². The summed E-state index contributed by atoms with van der Waals surface area (Å²) in [7, 11) is 3.27. The van der Waals surface area contributed by atoms with Crippen molar-refractivity contribution >= 4 is 17.6 Å². The van der Waals surface area contributed by atoms with E-state index in [1.807, 2.05) is 19.1 Å². The zero-order valence-corrected chi connectivity index (χ0v) is 22.0. The predicted octanol–water partition coefficient (Wildman–Crippen LogP) is 3.54. The van der Waals surface area contributed by atoms with Gasteiger partial charge >= 0.3 is 6.03 Å². The van der Waals surface area contributed by atoms with Gasteiger partial charge in [-0.1, -0.05) is 13.0 Å². The van der Waals surface area contributed by atoms with Crippen molar-refractivity contribution < 1.29 is 24.2 Å². The van der Waals surface area contributed by atoms with E-state index >= 15 is 0 Å². The lowest BCUT2D eigenvalue weighted by Crippen LogP contribution is -2.50. The number of aliphatic hydroxyl groups excluding tert-OH is 1. The molecule has 3 amide bonds. The van der Waals surface area contributed by atoms with Crippen molar-refractivity contribution in [1.82, 2.24) is 19.8 Å². The van der Waals surface area contributed by atoms with Crippen molar-refractivity contribution in [1.29, 1.82) is 0 Å². The number of ether oxygens (including phenoxy) is 2. The SMILES string of the molecule is COc1ccc(NC(=O)N(C)C[C@@H]2Oc3ncc(-c4cccnc4)cc3C(=O)N([C@H](C)CO)C[C@@H]2C)cc1. The largest absolute Gasteiger partial charge is 0.497 e. The van der Waals surface area contributed by atoms with Gasteiger partial charge in [0.15, 0.2) is 0 Å². The number of fused-ring (bicyclic) bond motifs is 1. The molecular formula is C28H33N5O5. The van der Waals surface area contributed by atoms with Gasteiger partial charge in [-0.15, -0.1) is 0 Å². The van der Waals surface area contributed by atoms with Crippen LogP contribution in [-0.2, 0) is 0 Å². The quantitative estimate of drug-likeness (QED) is 0.490. The first-order chi connectivity index (χ1) is 18.3. The number of benzene rings is 1. The second-order valence-electron chi connectivity index (χ2n) is 9.48. The third-order valence-corrected chi connectivity index (χ3v) is 6.66. The number of rotatable bonds is 7. The van der Waals surface area contributed by atoms with Crippen LogP contribution in [0, 0.1) is 5.92 Å². The van der Waals surface area contributed by atoms with Gasteiger partial charge in [0.1, 0.15) is 17.4 Å². The smallest absolute Gasteiger partial charge is 0.321 e. The summed E-state index contributed by atoms with van der Waals surface area (Å²) >= 11 is 0. The molecule has 38 heavy (non-hydrogen) atoms. The maximum absolute atomic E-state index is 13.6. The fourth-order valence-corrected chi connectivity index (χ4v) is 4.26. The van der Waals surface area contributed by atoms with E-state index in [1.165, 1.54) is 4.90 Å². The number of likely N-dealkylation sites (N-methyl/N-ethyl adjacent to an activating group) is 1. The maximum Gasteiger partial charge on any atom is 0.321 e. The molecule has 10 heteroatoms. The van der Waals surface area contributed by atoms with E-state index in [4.69, 9.17) is 9.47 Å². The van der Waals surface area contributed by atoms with Gasteiger partial charge in [0.05, 0.1) is 26.3 Å². The number of methoxy groups -OCH3 is 1. The average molecular weight is 520 g/mol. The van der Waals surface area contributed by atoms with Gasteiger partial charge in [-0.25, -0.2) is 9.78 Å². The molecule has 0 radical (unpaired) electrons. The van der Waals surface area contributed by atoms with Crippen molar-refractivity contribution in [2.24, 2.45) is 5.92 Å². The Morgan fingerprint density at radius 3 is 2.68 bits per heavy atom. The van der Waals surface area contributed by atoms with Gasteiger partial charge in [0.25, 0.3) is 5.91 Å². The molecule has 3 atom stereocenters. The van der Waals surface area contributed by atoms with E-state index in [-0.39, 0.29) is 36.9 Å². The number of carbonyl (C=O) groups excluding carboxylic acids is 2. The van der Waals surface area contributed by atoms with Crippen molar-refractivity contribution in [3.05, 3.63) is 66.6 Å². The van der Waals surface area contributed by atoms with Crippen LogP contribution in [0.25, 0.3) is 11.1 Å². The van der Waals surface area contributed by atoms with Crippen LogP contribution in [-0.4, -0.2) is 82.8 Å². The summed E-state index contributed by atoms with van der Waals surface area (Å²) in [6.45, 7) is 4.17. The molecule has 10 nitrogen and oxygen atoms in total. The molecule has 0 fully saturated rings. The minimum absolute atomic E-state index is 0.155. The minimum atomic E-state index is -0.460. The van der Waals surface area contributed by atoms with Crippen LogP contribution in [0.2, 0.25) is 0 Å². The first-order valence-corrected chi connectivity index (χ1v) is 12.5. The molecule has 0 spiro atoms. The van der Waals surface area contributed by atoms with Crippen LogP contribution >= 0.6 is 0 Å². The van der Waals surface area contributed by atoms with E-state index in [9.17, 15) is 14.7 Å². The number of aliphatic hydroxyl groups is 1. The Morgan fingerprint density at radius 1 is 1.26 bits per heavy atom. The summed E-state index contributed by atoms with van der Waals surface area (Å²) in [5, 5.41) is 12.7. The van der Waals surface area contributed by atoms with Crippen molar-refractivity contribution in [3.8, 4) is 22.8 Å². The molecule has 1 aliphatic heterocycles. The number of hydrogen-bond acceptors (Lipinski definition) is 7. The van der Waals surface area contributed by atoms with Crippen LogP contribution in [0.15, 0.2) is 61.1 Å². The van der Waals surface area contributed by atoms with Gasteiger partial charge in [0.2, 0.25) is 5.88 Å². The van der Waals surface area contributed by atoms with Crippen molar-refractivity contribution in [2.75, 3.05) is 39.2 Å². The average Bonchev–Trinajstić information content (AvgIpc) is 2.95. The normalized spacial score (nSPS) is 17.9. The Hall–Kier alpha value is -4.18. The third kappa shape index (κ3) is 6.03. The number of nitrogens with one attached hydrogen (secondary N) is 1. The zero-order chi connectivity index (χ0) is 27.2. The number of nitrogens with zero attached hydrogens (tertiary/aromatic N) is 4. The second-order valence-corrected chi connectivity index (χ2v) is 9.48. The summed E-state index contributed by atoms with van der Waals surface area (Å²) in [6, 6.07) is 11.8. The van der Waals surface area contributed by atoms with E-state index in [1.54, 1.807) is 74.9 Å². The van der Waals surface area contributed by atoms with Crippen LogP contribution in [0.3, 0.4) is 0 Å². The van der Waals surface area contributed by atoms with Crippen molar-refractivity contribution in [2.45, 2.75) is 26.0 Å². The summed E-state index contributed by atoms with van der Waals surface area (Å²) in [4.78, 5) is 38.4. The number of hydrogen-bond donors (Lipinski definition) is 2. The number of anilines is 1. The first kappa shape index (κ1) is 26.9. The second kappa shape index (κ2) is 11.9. The molecule has 0 saturated heterocycles. The molecule has 1 aromatic carbocycles. The first-order valence-electron chi connectivity index (χ1n) is 12.5. The lowest BCUT2D eigenvalue weighted by atomic mass is 9.99. The maximum atomic E-state index is 13.6. The highest BCUT2D eigenvalue weighted by molar-refractivity contribution is 5.98. The summed E-state index contributed by atoms with van der Waals surface area (Å²) in [5.41, 5.74) is 2.48. The molecule has 1 aliphatic rings. The van der Waals surface area contributed by atoms with Gasteiger partial charge in [-0.3, -0.25) is 9.78 Å². The van der Waals surface area contributed by atoms with Gasteiger partial charge in [-0.05, 0) is 43.3 Å². The fourth-order valence-electron chi connectivity index (χ4n) is 4.26. The topological polar surface area (TPSA) is 117 Å². The number of urea groups is 1. The Kier molecular flexibility index (Phi) is 8.42. The Morgan fingerprint density at radius 2 is 2.03 bits per heavy atom. The number of carbonyl (C=O) groups is 2. The van der Waals surface area contributed by atoms with Crippen LogP contribution in [0.4, 0.5) is 10.5 Å². The monoisotopic (exact) mass is 519 g/mol. The Bertz CT molecular complexity index is 1250. The summed E-state index contributed by atoms with van der Waals surface area (Å²) in [6.07, 6.45) is 4.56. The molecule has 2 aromatic heterocycles. The van der Waals surface area contributed by atoms with Gasteiger partial charge < -0.3 is 29.7 Å². The van der Waals surface area contributed by atoms with Crippen LogP contribution < -0.4 is 14.8 Å². The molecule has 0 bridgehead atoms. The molecule has 3 heterocycles. The Balaban J connectivity index is 1.59.